The van der Waals surface area contributed by atoms with Gasteiger partial charge in [-0.3, -0.25) is 14.6 Å². The van der Waals surface area contributed by atoms with Gasteiger partial charge in [-0.1, -0.05) is 36.4 Å². The van der Waals surface area contributed by atoms with Crippen molar-refractivity contribution in [3.05, 3.63) is 138 Å². The third-order valence-corrected chi connectivity index (χ3v) is 7.68. The third kappa shape index (κ3) is 5.52. The number of anilines is 2. The van der Waals surface area contributed by atoms with E-state index in [0.717, 1.165) is 36.5 Å². The van der Waals surface area contributed by atoms with E-state index in [9.17, 15) is 9.59 Å². The second-order valence-electron chi connectivity index (χ2n) is 10.3. The number of rotatable bonds is 6. The number of nitrogens with zero attached hydrogens (tertiary/aromatic N) is 4. The summed E-state index contributed by atoms with van der Waals surface area (Å²) >= 11 is 0. The summed E-state index contributed by atoms with van der Waals surface area (Å²) in [6, 6.07) is 26.9. The van der Waals surface area contributed by atoms with Gasteiger partial charge in [0.25, 0.3) is 11.8 Å². The number of pyridine rings is 1. The number of hydrogen-bond donors (Lipinski definition) is 1. The summed E-state index contributed by atoms with van der Waals surface area (Å²) in [5, 5.41) is 2.98. The molecule has 1 aliphatic rings. The highest BCUT2D eigenvalue weighted by Crippen LogP contribution is 2.37. The first kappa shape index (κ1) is 26.2. The van der Waals surface area contributed by atoms with E-state index in [1.807, 2.05) is 71.2 Å². The fourth-order valence-corrected chi connectivity index (χ4v) is 5.64. The number of aryl methyl sites for hydroxylation is 1. The Kier molecular flexibility index (Phi) is 7.41. The molecule has 0 saturated carbocycles. The number of carbonyl (C=O) groups is 2. The number of benzene rings is 3. The maximum Gasteiger partial charge on any atom is 0.258 e. The fraction of sp³-hybridized carbons (Fsp3) is 0.176. The van der Waals surface area contributed by atoms with Gasteiger partial charge in [0, 0.05) is 48.3 Å². The lowest BCUT2D eigenvalue weighted by Crippen LogP contribution is -2.31. The van der Waals surface area contributed by atoms with Gasteiger partial charge in [-0.25, -0.2) is 4.98 Å². The maximum absolute atomic E-state index is 13.8. The van der Waals surface area contributed by atoms with Crippen LogP contribution >= 0.6 is 0 Å². The van der Waals surface area contributed by atoms with Crippen LogP contribution in [0.5, 0.6) is 0 Å². The van der Waals surface area contributed by atoms with Crippen molar-refractivity contribution in [2.45, 2.75) is 32.1 Å². The number of fused-ring (bicyclic) bond motifs is 1. The highest BCUT2D eigenvalue weighted by Gasteiger charge is 2.27. The Morgan fingerprint density at radius 2 is 1.68 bits per heavy atom. The van der Waals surface area contributed by atoms with Crippen LogP contribution in [-0.4, -0.2) is 32.9 Å². The summed E-state index contributed by atoms with van der Waals surface area (Å²) in [4.78, 5) is 37.4. The van der Waals surface area contributed by atoms with Crippen molar-refractivity contribution >= 4 is 23.2 Å². The van der Waals surface area contributed by atoms with Crippen molar-refractivity contribution < 1.29 is 9.59 Å². The van der Waals surface area contributed by atoms with Crippen molar-refractivity contribution in [3.63, 3.8) is 0 Å². The summed E-state index contributed by atoms with van der Waals surface area (Å²) in [5.41, 5.74) is 5.86. The van der Waals surface area contributed by atoms with Crippen LogP contribution in [0.1, 0.15) is 56.4 Å². The van der Waals surface area contributed by atoms with E-state index in [-0.39, 0.29) is 11.8 Å². The zero-order valence-electron chi connectivity index (χ0n) is 22.9. The van der Waals surface area contributed by atoms with Gasteiger partial charge < -0.3 is 14.8 Å². The second-order valence-corrected chi connectivity index (χ2v) is 10.3. The number of aromatic nitrogens is 3. The molecule has 7 heteroatoms. The number of hydrogen-bond acceptors (Lipinski definition) is 4. The lowest BCUT2D eigenvalue weighted by Gasteiger charge is -2.24. The Labute approximate surface area is 239 Å². The Morgan fingerprint density at radius 1 is 0.902 bits per heavy atom. The van der Waals surface area contributed by atoms with Crippen LogP contribution in [0.2, 0.25) is 0 Å². The van der Waals surface area contributed by atoms with Crippen LogP contribution in [0.3, 0.4) is 0 Å². The molecule has 0 fully saturated rings. The third-order valence-electron chi connectivity index (χ3n) is 7.68. The molecule has 6 rings (SSSR count). The molecule has 1 aliphatic heterocycles. The van der Waals surface area contributed by atoms with Gasteiger partial charge in [0.1, 0.15) is 5.82 Å². The molecule has 2 aromatic heterocycles. The monoisotopic (exact) mass is 541 g/mol. The molecule has 0 spiro atoms. The number of carbonyl (C=O) groups excluding carboxylic acids is 2. The number of imidazole rings is 1. The minimum absolute atomic E-state index is 0.0433. The molecule has 41 heavy (non-hydrogen) atoms. The molecule has 3 aromatic carbocycles. The first-order valence-electron chi connectivity index (χ1n) is 13.9. The van der Waals surface area contributed by atoms with E-state index in [4.69, 9.17) is 0 Å². The van der Waals surface area contributed by atoms with E-state index in [1.165, 1.54) is 11.1 Å². The fourth-order valence-electron chi connectivity index (χ4n) is 5.64. The maximum atomic E-state index is 13.8. The Morgan fingerprint density at radius 3 is 2.44 bits per heavy atom. The largest absolute Gasteiger partial charge is 0.322 e. The molecule has 1 N–H and O–H groups in total. The highest BCUT2D eigenvalue weighted by molar-refractivity contribution is 6.08. The Bertz CT molecular complexity index is 1680. The minimum atomic E-state index is -0.228. The smallest absolute Gasteiger partial charge is 0.258 e. The highest BCUT2D eigenvalue weighted by atomic mass is 16.2. The summed E-state index contributed by atoms with van der Waals surface area (Å²) in [5.74, 6) is 0.846. The average molecular weight is 542 g/mol. The first-order chi connectivity index (χ1) is 20.1. The summed E-state index contributed by atoms with van der Waals surface area (Å²) in [7, 11) is 0. The van der Waals surface area contributed by atoms with Crippen molar-refractivity contribution in [2.24, 2.45) is 0 Å². The van der Waals surface area contributed by atoms with E-state index in [0.29, 0.717) is 29.3 Å². The molecule has 0 bridgehead atoms. The molecule has 5 aromatic rings. The molecule has 3 heterocycles. The van der Waals surface area contributed by atoms with Crippen molar-refractivity contribution in [2.75, 3.05) is 16.8 Å². The molecule has 0 aliphatic carbocycles. The topological polar surface area (TPSA) is 80.1 Å². The van der Waals surface area contributed by atoms with Gasteiger partial charge >= 0.3 is 0 Å². The van der Waals surface area contributed by atoms with Gasteiger partial charge in [-0.2, -0.15) is 0 Å². The summed E-state index contributed by atoms with van der Waals surface area (Å²) in [6.45, 7) is 2.55. The van der Waals surface area contributed by atoms with Gasteiger partial charge in [-0.15, -0.1) is 0 Å². The van der Waals surface area contributed by atoms with E-state index in [1.54, 1.807) is 42.7 Å². The predicted molar refractivity (Wildman–Crippen MR) is 161 cm³/mol. The van der Waals surface area contributed by atoms with Crippen LogP contribution in [-0.2, 0) is 6.42 Å². The number of para-hydroxylation sites is 2. The van der Waals surface area contributed by atoms with Crippen molar-refractivity contribution in [1.29, 1.82) is 0 Å². The number of nitrogens with one attached hydrogen (secondary N) is 1. The molecular formula is C34H31N5O2. The Balaban J connectivity index is 1.20. The standard InChI is InChI=1S/C34H31N5O2/c1-24-36-19-21-38(24)32-13-5-3-11-30(32)33(40)37-28-16-14-26(15-17-28)34(41)39-20-7-9-27(22-25-8-6-18-35-23-25)29-10-2-4-12-31(29)39/h2-6,8,10-19,21,23,27H,7,9,20,22H2,1H3,(H,37,40). The van der Waals surface area contributed by atoms with Crippen molar-refractivity contribution in [3.8, 4) is 5.69 Å². The lowest BCUT2D eigenvalue weighted by molar-refractivity contribution is 0.0985. The SMILES string of the molecule is Cc1nccn1-c1ccccc1C(=O)Nc1ccc(C(=O)N2CCCC(Cc3cccnc3)c3ccccc32)cc1. The van der Waals surface area contributed by atoms with Gasteiger partial charge in [-0.05, 0) is 91.8 Å². The number of amides is 2. The minimum Gasteiger partial charge on any atom is -0.322 e. The average Bonchev–Trinajstić information content (AvgIpc) is 3.36. The molecule has 204 valence electrons. The normalized spacial score (nSPS) is 14.7. The predicted octanol–water partition coefficient (Wildman–Crippen LogP) is 6.59. The van der Waals surface area contributed by atoms with Crippen LogP contribution < -0.4 is 10.2 Å². The first-order valence-corrected chi connectivity index (χ1v) is 13.9. The van der Waals surface area contributed by atoms with Gasteiger partial charge in [0.15, 0.2) is 0 Å². The van der Waals surface area contributed by atoms with E-state index < -0.39 is 0 Å². The van der Waals surface area contributed by atoms with E-state index in [2.05, 4.69) is 27.4 Å². The van der Waals surface area contributed by atoms with Crippen LogP contribution in [0.4, 0.5) is 11.4 Å². The zero-order chi connectivity index (χ0) is 28.2. The Hall–Kier alpha value is -5.04. The molecule has 0 radical (unpaired) electrons. The van der Waals surface area contributed by atoms with Crippen LogP contribution in [0.15, 0.2) is 110 Å². The quantitative estimate of drug-likeness (QED) is 0.263. The molecule has 2 amide bonds. The molecule has 7 nitrogen and oxygen atoms in total. The molecule has 1 unspecified atom stereocenters. The van der Waals surface area contributed by atoms with Gasteiger partial charge in [0.05, 0.1) is 11.3 Å². The molecular weight excluding hydrogens is 510 g/mol. The second kappa shape index (κ2) is 11.6. The van der Waals surface area contributed by atoms with Crippen LogP contribution in [0, 0.1) is 6.92 Å². The van der Waals surface area contributed by atoms with Crippen molar-refractivity contribution in [1.82, 2.24) is 14.5 Å². The molecule has 1 atom stereocenters. The lowest BCUT2D eigenvalue weighted by atomic mass is 9.88. The zero-order valence-corrected chi connectivity index (χ0v) is 22.9. The van der Waals surface area contributed by atoms with Crippen LogP contribution in [0.25, 0.3) is 5.69 Å². The summed E-state index contributed by atoms with van der Waals surface area (Å²) < 4.78 is 1.89. The molecule has 0 saturated heterocycles. The van der Waals surface area contributed by atoms with Gasteiger partial charge in [0.2, 0.25) is 0 Å². The summed E-state index contributed by atoms with van der Waals surface area (Å²) in [6.07, 6.45) is 10.1. The van der Waals surface area contributed by atoms with E-state index >= 15 is 0 Å².